The number of carbonyl (C=O) groups excluding carboxylic acids is 6. The second-order valence-corrected chi connectivity index (χ2v) is 33.7. The van der Waals surface area contributed by atoms with Gasteiger partial charge in [-0.15, -0.1) is 5.10 Å². The molecule has 21 atom stereocenters. The predicted octanol–water partition coefficient (Wildman–Crippen LogP) is 2.75. The van der Waals surface area contributed by atoms with Crippen LogP contribution in [0.25, 0.3) is 11.3 Å². The van der Waals surface area contributed by atoms with Gasteiger partial charge in [-0.2, -0.15) is 0 Å². The highest BCUT2D eigenvalue weighted by Crippen LogP contribution is 2.55. The molecular weight excluding hydrogens is 1580 g/mol. The van der Waals surface area contributed by atoms with Gasteiger partial charge in [0.15, 0.2) is 10.6 Å². The zero-order valence-electron chi connectivity index (χ0n) is 70.7. The molecule has 10 aliphatic rings. The van der Waals surface area contributed by atoms with E-state index in [4.69, 9.17) is 97.5 Å². The maximum Gasteiger partial charge on any atom is 0.246 e. The molecule has 120 heavy (non-hydrogen) atoms. The summed E-state index contributed by atoms with van der Waals surface area (Å²) in [5.74, 6) is -4.58. The Morgan fingerprint density at radius 3 is 1.98 bits per heavy atom. The molecule has 10 saturated heterocycles. The molecule has 1 spiro atoms. The molecule has 0 saturated carbocycles. The number of hydrogen-bond donors (Lipinski definition) is 7. The molecule has 0 aromatic carbocycles. The van der Waals surface area contributed by atoms with Crippen LogP contribution in [0.1, 0.15) is 124 Å². The third-order valence-corrected chi connectivity index (χ3v) is 23.7. The Morgan fingerprint density at radius 1 is 0.667 bits per heavy atom. The number of aliphatic hydroxyl groups is 1. The van der Waals surface area contributed by atoms with E-state index in [9.17, 15) is 33.9 Å². The van der Waals surface area contributed by atoms with E-state index in [-0.39, 0.29) is 112 Å². The van der Waals surface area contributed by atoms with Crippen LogP contribution in [0, 0.1) is 22.5 Å². The molecule has 10 aliphatic heterocycles. The summed E-state index contributed by atoms with van der Waals surface area (Å²) in [7, 11) is 5.44. The molecule has 12 bridgehead atoms. The third kappa shape index (κ3) is 28.8. The number of aromatic nitrogens is 5. The number of unbranched alkanes of at least 4 members (excludes halogenated alkanes) is 1. The monoisotopic (exact) mass is 1710 g/mol. The second-order valence-electron chi connectivity index (χ2n) is 33.3. The van der Waals surface area contributed by atoms with Crippen LogP contribution in [0.15, 0.2) is 42.9 Å². The first-order valence-corrected chi connectivity index (χ1v) is 43.6. The van der Waals surface area contributed by atoms with Gasteiger partial charge in [-0.1, -0.05) is 39.1 Å². The molecule has 7 N–H and O–H groups in total. The quantitative estimate of drug-likeness (QED) is 0.0284. The van der Waals surface area contributed by atoms with Crippen molar-refractivity contribution in [3.8, 4) is 11.3 Å². The summed E-state index contributed by atoms with van der Waals surface area (Å²) < 4.78 is 113. The standard InChI is InChI=1S/C83H131N11O25S/c1-51(2)73(90-72(99)50-111-49-71(98)84-18-21-103-23-25-105-27-29-107-31-33-109-35-36-110-34-32-108-30-28-106-26-24-104-22-20-94-48-63(91-92-94)55-44-87-82(120)88-45-55)81(101)89-62(11-9-10-19-93(6)7)80(100)86-47-70(97)85-46-57(96)41-68-74(102-8)61-40-56(95)39-59-13-15-65-75(114-59)79-78-77(116-65)76-69(117-78)43-83(118-76,119-79)17-16-60-38-53(4)64(112-60)14-12-58-37-52(3)54(5)66(113-58)42-67(61)115-68/h44-45,48,51-52,57-62,64-69,73-79,96H,4-5,9-43,46-47,49-50H2,1-3,6-8H3,(H,84,98)(H,85,97)(H,86,100)(H,89,101)(H,90,99)(H,87,88,120)/t52-,57+,58+,59-,60+,61+,62+,64?,65+,66-,67+,68-,69?,73+,74-,75+,76+,77+,78-,79+,83+/m1/s1. The van der Waals surface area contributed by atoms with E-state index < -0.39 is 122 Å². The van der Waals surface area contributed by atoms with Crippen molar-refractivity contribution in [1.82, 2.24) is 56.4 Å². The van der Waals surface area contributed by atoms with Gasteiger partial charge in [0.05, 0.1) is 192 Å². The molecule has 5 amide bonds. The number of Topliss-reactive ketones (excluding diaryl/α,β-unsaturated/α-hetero) is 1. The van der Waals surface area contributed by atoms with Gasteiger partial charge < -0.3 is 127 Å². The average molecular weight is 1720 g/mol. The Hall–Kier alpha value is -5.86. The van der Waals surface area contributed by atoms with E-state index in [0.29, 0.717) is 161 Å². The zero-order valence-corrected chi connectivity index (χ0v) is 71.6. The molecule has 37 heteroatoms. The van der Waals surface area contributed by atoms with Crippen molar-refractivity contribution < 1.29 is 119 Å². The van der Waals surface area contributed by atoms with Crippen molar-refractivity contribution in [1.29, 1.82) is 0 Å². The maximum atomic E-state index is 14.6. The van der Waals surface area contributed by atoms with Crippen LogP contribution < -0.4 is 26.6 Å². The number of amides is 5. The van der Waals surface area contributed by atoms with E-state index in [1.807, 2.05) is 25.2 Å². The van der Waals surface area contributed by atoms with Gasteiger partial charge in [-0.25, -0.2) is 9.67 Å². The summed E-state index contributed by atoms with van der Waals surface area (Å²) in [6, 6.07) is -2.17. The van der Waals surface area contributed by atoms with Crippen LogP contribution >= 0.6 is 12.2 Å². The van der Waals surface area contributed by atoms with E-state index in [1.165, 1.54) is 0 Å². The Kier molecular flexibility index (Phi) is 38.4. The predicted molar refractivity (Wildman–Crippen MR) is 433 cm³/mol. The zero-order chi connectivity index (χ0) is 84.9. The van der Waals surface area contributed by atoms with Gasteiger partial charge >= 0.3 is 0 Å². The van der Waals surface area contributed by atoms with Crippen molar-refractivity contribution in [2.45, 2.75) is 246 Å². The van der Waals surface area contributed by atoms with Crippen molar-refractivity contribution in [2.75, 3.05) is 166 Å². The largest absolute Gasteiger partial charge is 0.391 e. The highest BCUT2D eigenvalue weighted by Gasteiger charge is 2.69. The second kappa shape index (κ2) is 48.6. The molecule has 2 aromatic heterocycles. The van der Waals surface area contributed by atoms with Gasteiger partial charge in [0.25, 0.3) is 0 Å². The van der Waals surface area contributed by atoms with Gasteiger partial charge in [0.1, 0.15) is 67.3 Å². The van der Waals surface area contributed by atoms with Crippen LogP contribution in [0.3, 0.4) is 0 Å². The third-order valence-electron chi connectivity index (χ3n) is 23.5. The summed E-state index contributed by atoms with van der Waals surface area (Å²) in [6.45, 7) is 20.8. The summed E-state index contributed by atoms with van der Waals surface area (Å²) in [5.41, 5.74) is 3.52. The van der Waals surface area contributed by atoms with Crippen LogP contribution in [-0.2, 0) is 121 Å². The van der Waals surface area contributed by atoms with Crippen LogP contribution in [0.4, 0.5) is 0 Å². The first-order chi connectivity index (χ1) is 58.1. The Morgan fingerprint density at radius 2 is 1.31 bits per heavy atom. The number of aromatic amines is 1. The molecule has 0 radical (unpaired) electrons. The Bertz CT molecular complexity index is 3600. The number of H-pyrrole nitrogens is 1. The number of rotatable bonds is 49. The molecule has 2 aromatic rings. The highest BCUT2D eigenvalue weighted by atomic mass is 32.1. The molecule has 0 aliphatic carbocycles. The molecule has 12 rings (SSSR count). The molecule has 12 heterocycles. The number of fused-ring (bicyclic) bond motifs is 6. The number of nitrogens with zero attached hydrogens (tertiary/aromatic N) is 5. The first kappa shape index (κ1) is 94.8. The summed E-state index contributed by atoms with van der Waals surface area (Å²) in [5, 5.41) is 33.5. The van der Waals surface area contributed by atoms with Crippen molar-refractivity contribution >= 4 is 47.5 Å². The van der Waals surface area contributed by atoms with Gasteiger partial charge in [-0.05, 0) is 120 Å². The molecule has 36 nitrogen and oxygen atoms in total. The van der Waals surface area contributed by atoms with Gasteiger partial charge in [0, 0.05) is 82.6 Å². The van der Waals surface area contributed by atoms with Crippen LogP contribution in [0.2, 0.25) is 0 Å². The Labute approximate surface area is 708 Å². The SMILES string of the molecule is C=C1C[C@@H]2CC[C@@]34CC5O[C@H]6[C@@H](O3)[C@H]3O[C@H](CC[C@@H]3O[C@H]6[C@H]5O4)CC(=O)C[C@@H]3[C@@H](OC)[C@@H](C[C@H](O)CNC(=O)CNC(=O)[C@H](CCCCN(C)C)NC(=O)[C@@H](NC(=O)COCC(=O)NCCOCCOCCOCCOCCOCCOCCOCCOCCn4cc(-c5cnc(=S)[nH]c5)nn4)C(C)C)O[C@H]3C[C@H]3O[C@@H](CCC1O2)C[C@@H](C)C3=C. The van der Waals surface area contributed by atoms with Crippen LogP contribution in [0.5, 0.6) is 0 Å². The van der Waals surface area contributed by atoms with E-state index in [1.54, 1.807) is 38.0 Å². The molecule has 674 valence electrons. The maximum absolute atomic E-state index is 14.6. The fourth-order valence-electron chi connectivity index (χ4n) is 17.3. The summed E-state index contributed by atoms with van der Waals surface area (Å²) in [6.07, 6.45) is 7.61. The lowest BCUT2D eigenvalue weighted by molar-refractivity contribution is -0.292. The van der Waals surface area contributed by atoms with Gasteiger partial charge in [-0.3, -0.25) is 28.8 Å². The summed E-state index contributed by atoms with van der Waals surface area (Å²) in [4.78, 5) is 90.7. The number of hydrogen-bond acceptors (Lipinski definition) is 30. The minimum Gasteiger partial charge on any atom is -0.391 e. The number of carbonyl (C=O) groups is 6. The highest BCUT2D eigenvalue weighted by molar-refractivity contribution is 7.71. The fraction of sp³-hybridized carbons (Fsp3) is 0.807. The number of aliphatic hydroxyl groups excluding tert-OH is 1. The minimum atomic E-state index is -1.14. The van der Waals surface area contributed by atoms with E-state index in [2.05, 4.69) is 66.9 Å². The lowest BCUT2D eigenvalue weighted by Crippen LogP contribution is -2.61. The molecule has 10 fully saturated rings. The van der Waals surface area contributed by atoms with Crippen LogP contribution in [-0.4, -0.2) is 352 Å². The lowest BCUT2D eigenvalue weighted by Gasteiger charge is -2.47. The number of ether oxygens (including phenoxy) is 18. The smallest absolute Gasteiger partial charge is 0.246 e. The van der Waals surface area contributed by atoms with Crippen molar-refractivity contribution in [2.24, 2.45) is 17.8 Å². The average Bonchev–Trinajstić information content (AvgIpc) is 1.55. The normalized spacial score (nSPS) is 29.8. The van der Waals surface area contributed by atoms with E-state index >= 15 is 0 Å². The van der Waals surface area contributed by atoms with Crippen molar-refractivity contribution in [3.05, 3.63) is 47.7 Å². The number of ketones is 1. The molecular formula is C83H131N11O25S. The first-order valence-electron chi connectivity index (χ1n) is 43.2. The number of methoxy groups -OCH3 is 1. The minimum absolute atomic E-state index is 0.0154. The van der Waals surface area contributed by atoms with Gasteiger partial charge in [0.2, 0.25) is 29.5 Å². The van der Waals surface area contributed by atoms with E-state index in [0.717, 1.165) is 55.4 Å². The lowest BCUT2D eigenvalue weighted by atomic mass is 9.81. The number of nitrogens with one attached hydrogen (secondary N) is 6. The summed E-state index contributed by atoms with van der Waals surface area (Å²) >= 11 is 4.98. The van der Waals surface area contributed by atoms with Crippen molar-refractivity contribution in [3.63, 3.8) is 0 Å². The Balaban J connectivity index is 0.531. The molecule has 2 unspecified atom stereocenters. The topological polar surface area (TPSA) is 412 Å². The fourth-order valence-corrected chi connectivity index (χ4v) is 17.4.